The summed E-state index contributed by atoms with van der Waals surface area (Å²) in [6.45, 7) is 4.00. The van der Waals surface area contributed by atoms with Gasteiger partial charge >= 0.3 is 5.97 Å². The van der Waals surface area contributed by atoms with Crippen molar-refractivity contribution in [1.29, 1.82) is 0 Å². The van der Waals surface area contributed by atoms with E-state index in [1.807, 2.05) is 31.2 Å². The summed E-state index contributed by atoms with van der Waals surface area (Å²) in [5.74, 6) is 0.806. The van der Waals surface area contributed by atoms with Gasteiger partial charge in [0.1, 0.15) is 0 Å². The van der Waals surface area contributed by atoms with E-state index in [1.54, 1.807) is 36.2 Å². The number of hydrogen-bond acceptors (Lipinski definition) is 6. The molecule has 7 nitrogen and oxygen atoms in total. The zero-order chi connectivity index (χ0) is 23.4. The third-order valence-electron chi connectivity index (χ3n) is 6.34. The van der Waals surface area contributed by atoms with Crippen molar-refractivity contribution < 1.29 is 18.7 Å². The Morgan fingerprint density at radius 1 is 0.939 bits per heavy atom. The first-order valence-electron chi connectivity index (χ1n) is 11.3. The molecule has 1 saturated carbocycles. The molecule has 0 spiro atoms. The number of carbonyl (C=O) groups is 2. The predicted molar refractivity (Wildman–Crippen MR) is 124 cm³/mol. The quantitative estimate of drug-likeness (QED) is 0.499. The lowest BCUT2D eigenvalue weighted by atomic mass is 9.87. The SMILES string of the molecule is Cc1ccc(-c2nnc(-c3ccc(C(=O)OCC(=O)N(C)C4CCC(C)CC4)cc3)o2)cc1. The molecule has 1 aliphatic rings. The highest BCUT2D eigenvalue weighted by atomic mass is 16.5. The molecule has 1 heterocycles. The van der Waals surface area contributed by atoms with Crippen LogP contribution in [0.3, 0.4) is 0 Å². The van der Waals surface area contributed by atoms with Crippen LogP contribution in [0, 0.1) is 12.8 Å². The fourth-order valence-corrected chi connectivity index (χ4v) is 4.05. The summed E-state index contributed by atoms with van der Waals surface area (Å²) >= 11 is 0. The first kappa shape index (κ1) is 22.7. The summed E-state index contributed by atoms with van der Waals surface area (Å²) in [5.41, 5.74) is 3.05. The minimum Gasteiger partial charge on any atom is -0.452 e. The molecular weight excluding hydrogens is 418 g/mol. The van der Waals surface area contributed by atoms with Crippen LogP contribution in [0.25, 0.3) is 22.9 Å². The van der Waals surface area contributed by atoms with E-state index in [4.69, 9.17) is 9.15 Å². The van der Waals surface area contributed by atoms with Gasteiger partial charge in [0, 0.05) is 24.2 Å². The number of esters is 1. The highest BCUT2D eigenvalue weighted by Crippen LogP contribution is 2.27. The molecule has 4 rings (SSSR count). The molecule has 7 heteroatoms. The van der Waals surface area contributed by atoms with Crippen LogP contribution in [0.1, 0.15) is 48.5 Å². The van der Waals surface area contributed by atoms with Crippen molar-refractivity contribution in [1.82, 2.24) is 15.1 Å². The Kier molecular flexibility index (Phi) is 6.87. The Hall–Kier alpha value is -3.48. The van der Waals surface area contributed by atoms with Crippen molar-refractivity contribution in [3.63, 3.8) is 0 Å². The lowest BCUT2D eigenvalue weighted by Gasteiger charge is -2.33. The van der Waals surface area contributed by atoms with Crippen molar-refractivity contribution in [3.8, 4) is 22.9 Å². The minimum absolute atomic E-state index is 0.172. The van der Waals surface area contributed by atoms with Gasteiger partial charge in [0.25, 0.3) is 5.91 Å². The molecule has 0 saturated heterocycles. The second-order valence-electron chi connectivity index (χ2n) is 8.85. The monoisotopic (exact) mass is 447 g/mol. The van der Waals surface area contributed by atoms with E-state index in [1.165, 1.54) is 0 Å². The van der Waals surface area contributed by atoms with Gasteiger partial charge in [-0.3, -0.25) is 4.79 Å². The summed E-state index contributed by atoms with van der Waals surface area (Å²) in [6, 6.07) is 14.8. The molecule has 1 amide bonds. The molecule has 3 aromatic rings. The molecular formula is C26H29N3O4. The fourth-order valence-electron chi connectivity index (χ4n) is 4.05. The Morgan fingerprint density at radius 2 is 1.48 bits per heavy atom. The lowest BCUT2D eigenvalue weighted by molar-refractivity contribution is -0.136. The van der Waals surface area contributed by atoms with Crippen molar-refractivity contribution >= 4 is 11.9 Å². The van der Waals surface area contributed by atoms with E-state index in [-0.39, 0.29) is 18.6 Å². The molecule has 172 valence electrons. The van der Waals surface area contributed by atoms with Crippen LogP contribution in [0.5, 0.6) is 0 Å². The Balaban J connectivity index is 1.33. The molecule has 0 aliphatic heterocycles. The molecule has 0 radical (unpaired) electrons. The van der Waals surface area contributed by atoms with E-state index in [2.05, 4.69) is 17.1 Å². The van der Waals surface area contributed by atoms with Gasteiger partial charge in [-0.05, 0) is 74.9 Å². The topological polar surface area (TPSA) is 85.5 Å². The van der Waals surface area contributed by atoms with Gasteiger partial charge in [-0.1, -0.05) is 24.6 Å². The van der Waals surface area contributed by atoms with Gasteiger partial charge in [-0.2, -0.15) is 0 Å². The Labute approximate surface area is 193 Å². The Morgan fingerprint density at radius 3 is 2.06 bits per heavy atom. The van der Waals surface area contributed by atoms with Crippen molar-refractivity contribution in [2.45, 2.75) is 45.6 Å². The normalized spacial score (nSPS) is 18.0. The number of likely N-dealkylation sites (N-methyl/N-ethyl adjacent to an activating group) is 1. The Bertz CT molecular complexity index is 1100. The standard InChI is InChI=1S/C26H29N3O4/c1-17-4-8-19(9-5-17)24-27-28-25(33-24)20-10-12-21(13-11-20)26(31)32-16-23(30)29(3)22-14-6-18(2)7-15-22/h4-5,8-13,18,22H,6-7,14-16H2,1-3H3. The predicted octanol–water partition coefficient (Wildman–Crippen LogP) is 4.91. The molecule has 0 atom stereocenters. The average Bonchev–Trinajstić information content (AvgIpc) is 3.33. The number of hydrogen-bond donors (Lipinski definition) is 0. The first-order valence-corrected chi connectivity index (χ1v) is 11.3. The number of aromatic nitrogens is 2. The highest BCUT2D eigenvalue weighted by Gasteiger charge is 2.25. The van der Waals surface area contributed by atoms with Crippen LogP contribution < -0.4 is 0 Å². The average molecular weight is 448 g/mol. The van der Waals surface area contributed by atoms with Gasteiger partial charge < -0.3 is 14.1 Å². The maximum Gasteiger partial charge on any atom is 0.338 e. The van der Waals surface area contributed by atoms with E-state index in [9.17, 15) is 9.59 Å². The van der Waals surface area contributed by atoms with Gasteiger partial charge in [0.2, 0.25) is 11.8 Å². The maximum absolute atomic E-state index is 12.5. The molecule has 0 unspecified atom stereocenters. The summed E-state index contributed by atoms with van der Waals surface area (Å²) < 4.78 is 11.0. The number of rotatable bonds is 6. The zero-order valence-corrected chi connectivity index (χ0v) is 19.3. The van der Waals surface area contributed by atoms with Gasteiger partial charge in [-0.25, -0.2) is 4.79 Å². The molecule has 2 aromatic carbocycles. The minimum atomic E-state index is -0.536. The zero-order valence-electron chi connectivity index (χ0n) is 19.3. The second kappa shape index (κ2) is 9.98. The maximum atomic E-state index is 12.5. The number of aryl methyl sites for hydroxylation is 1. The van der Waals surface area contributed by atoms with Crippen LogP contribution in [0.2, 0.25) is 0 Å². The number of nitrogens with zero attached hydrogens (tertiary/aromatic N) is 3. The number of benzene rings is 2. The van der Waals surface area contributed by atoms with Crippen LogP contribution in [-0.4, -0.2) is 46.7 Å². The summed E-state index contributed by atoms with van der Waals surface area (Å²) in [5, 5.41) is 8.21. The molecule has 0 bridgehead atoms. The summed E-state index contributed by atoms with van der Waals surface area (Å²) in [4.78, 5) is 26.6. The van der Waals surface area contributed by atoms with Gasteiger partial charge in [0.05, 0.1) is 5.56 Å². The van der Waals surface area contributed by atoms with Gasteiger partial charge in [0.15, 0.2) is 6.61 Å². The van der Waals surface area contributed by atoms with Crippen LogP contribution in [0.15, 0.2) is 52.9 Å². The molecule has 1 aliphatic carbocycles. The van der Waals surface area contributed by atoms with Crippen molar-refractivity contribution in [2.24, 2.45) is 5.92 Å². The molecule has 1 fully saturated rings. The van der Waals surface area contributed by atoms with Crippen molar-refractivity contribution in [3.05, 3.63) is 59.7 Å². The third kappa shape index (κ3) is 5.48. The van der Waals surface area contributed by atoms with E-state index in [0.717, 1.165) is 36.8 Å². The van der Waals surface area contributed by atoms with Crippen LogP contribution in [0.4, 0.5) is 0 Å². The van der Waals surface area contributed by atoms with Gasteiger partial charge in [-0.15, -0.1) is 10.2 Å². The second-order valence-corrected chi connectivity index (χ2v) is 8.85. The largest absolute Gasteiger partial charge is 0.452 e. The van der Waals surface area contributed by atoms with Crippen molar-refractivity contribution in [2.75, 3.05) is 13.7 Å². The van der Waals surface area contributed by atoms with E-state index in [0.29, 0.717) is 28.8 Å². The first-order chi connectivity index (χ1) is 15.9. The highest BCUT2D eigenvalue weighted by molar-refractivity contribution is 5.91. The number of amides is 1. The number of ether oxygens (including phenoxy) is 1. The number of carbonyl (C=O) groups excluding carboxylic acids is 2. The molecule has 1 aromatic heterocycles. The fraction of sp³-hybridized carbons (Fsp3) is 0.385. The van der Waals surface area contributed by atoms with Crippen LogP contribution >= 0.6 is 0 Å². The molecule has 0 N–H and O–H groups in total. The lowest BCUT2D eigenvalue weighted by Crippen LogP contribution is -2.41. The summed E-state index contributed by atoms with van der Waals surface area (Å²) in [6.07, 6.45) is 4.25. The molecule has 33 heavy (non-hydrogen) atoms. The van der Waals surface area contributed by atoms with E-state index < -0.39 is 5.97 Å². The van der Waals surface area contributed by atoms with E-state index >= 15 is 0 Å². The smallest absolute Gasteiger partial charge is 0.338 e. The summed E-state index contributed by atoms with van der Waals surface area (Å²) in [7, 11) is 1.79. The van der Waals surface area contributed by atoms with Crippen LogP contribution in [-0.2, 0) is 9.53 Å². The third-order valence-corrected chi connectivity index (χ3v) is 6.34.